The number of rotatable bonds is 3. The number of hydrogen-bond donors (Lipinski definition) is 0. The molecule has 7 nitrogen and oxygen atoms in total. The first-order valence-corrected chi connectivity index (χ1v) is 5.57. The fourth-order valence-corrected chi connectivity index (χ4v) is 1.33. The second-order valence-electron chi connectivity index (χ2n) is 3.05. The van der Waals surface area contributed by atoms with Crippen molar-refractivity contribution in [2.45, 2.75) is 12.4 Å². The standard InChI is InChI=1S/C7H5F3N2O5S/c1-4-2-6(11-3-5(4)12(13)14)17-18(15,16)7(8,9)10/h2-3H,1H3. The van der Waals surface area contributed by atoms with E-state index >= 15 is 0 Å². The smallest absolute Gasteiger partial charge is 0.355 e. The van der Waals surface area contributed by atoms with Gasteiger partial charge in [0, 0.05) is 11.6 Å². The van der Waals surface area contributed by atoms with E-state index in [1.807, 2.05) is 0 Å². The van der Waals surface area contributed by atoms with Crippen molar-refractivity contribution in [3.63, 3.8) is 0 Å². The Bertz CT molecular complexity index is 583. The molecule has 0 saturated carbocycles. The third-order valence-corrected chi connectivity index (χ3v) is 2.69. The van der Waals surface area contributed by atoms with Crippen LogP contribution >= 0.6 is 0 Å². The zero-order valence-electron chi connectivity index (χ0n) is 8.63. The number of alkyl halides is 3. The van der Waals surface area contributed by atoms with Crippen LogP contribution in [0.1, 0.15) is 5.56 Å². The molecule has 0 radical (unpaired) electrons. The van der Waals surface area contributed by atoms with Crippen molar-refractivity contribution in [2.24, 2.45) is 0 Å². The Labute approximate surface area is 98.5 Å². The first-order valence-electron chi connectivity index (χ1n) is 4.16. The van der Waals surface area contributed by atoms with Crippen molar-refractivity contribution in [1.29, 1.82) is 0 Å². The summed E-state index contributed by atoms with van der Waals surface area (Å²) in [6, 6.07) is 0.724. The van der Waals surface area contributed by atoms with Gasteiger partial charge in [0.2, 0.25) is 5.88 Å². The van der Waals surface area contributed by atoms with Gasteiger partial charge >= 0.3 is 15.6 Å². The summed E-state index contributed by atoms with van der Waals surface area (Å²) in [5, 5.41) is 10.4. The summed E-state index contributed by atoms with van der Waals surface area (Å²) in [6.45, 7) is 1.20. The molecule has 0 aliphatic heterocycles. The van der Waals surface area contributed by atoms with Gasteiger partial charge in [-0.25, -0.2) is 4.98 Å². The van der Waals surface area contributed by atoms with Gasteiger partial charge in [-0.3, -0.25) is 10.1 Å². The second-order valence-corrected chi connectivity index (χ2v) is 4.59. The highest BCUT2D eigenvalue weighted by Crippen LogP contribution is 2.27. The maximum atomic E-state index is 12.0. The summed E-state index contributed by atoms with van der Waals surface area (Å²) in [5.41, 5.74) is -6.14. The Hall–Kier alpha value is -1.91. The second kappa shape index (κ2) is 4.40. The van der Waals surface area contributed by atoms with Crippen molar-refractivity contribution in [3.05, 3.63) is 27.9 Å². The van der Waals surface area contributed by atoms with E-state index in [4.69, 9.17) is 0 Å². The average molecular weight is 286 g/mol. The van der Waals surface area contributed by atoms with Crippen molar-refractivity contribution in [3.8, 4) is 5.88 Å². The summed E-state index contributed by atoms with van der Waals surface area (Å²) in [6.07, 6.45) is 0.608. The van der Waals surface area contributed by atoms with Crippen molar-refractivity contribution >= 4 is 15.8 Å². The normalized spacial score (nSPS) is 12.2. The minimum Gasteiger partial charge on any atom is -0.355 e. The predicted octanol–water partition coefficient (Wildman–Crippen LogP) is 1.53. The minimum absolute atomic E-state index is 0.0811. The summed E-state index contributed by atoms with van der Waals surface area (Å²) in [4.78, 5) is 12.7. The monoisotopic (exact) mass is 286 g/mol. The summed E-state index contributed by atoms with van der Waals surface area (Å²) in [7, 11) is -5.83. The number of hydrogen-bond acceptors (Lipinski definition) is 6. The highest BCUT2D eigenvalue weighted by Gasteiger charge is 2.48. The van der Waals surface area contributed by atoms with Gasteiger partial charge < -0.3 is 4.18 Å². The number of halogens is 3. The van der Waals surface area contributed by atoms with E-state index in [0.29, 0.717) is 6.20 Å². The molecule has 0 spiro atoms. The molecule has 0 aromatic carbocycles. The van der Waals surface area contributed by atoms with Crippen LogP contribution < -0.4 is 4.18 Å². The van der Waals surface area contributed by atoms with Crippen LogP contribution in [0.5, 0.6) is 5.88 Å². The molecule has 0 unspecified atom stereocenters. The molecule has 0 saturated heterocycles. The first-order chi connectivity index (χ1) is 8.04. The highest BCUT2D eigenvalue weighted by atomic mass is 32.2. The molecule has 1 aromatic heterocycles. The number of nitro groups is 1. The zero-order valence-corrected chi connectivity index (χ0v) is 9.45. The van der Waals surface area contributed by atoms with Crippen LogP contribution in [0.2, 0.25) is 0 Å². The molecule has 100 valence electrons. The van der Waals surface area contributed by atoms with Gasteiger partial charge in [-0.05, 0) is 6.92 Å². The van der Waals surface area contributed by atoms with E-state index in [9.17, 15) is 31.7 Å². The zero-order chi connectivity index (χ0) is 14.1. The van der Waals surface area contributed by atoms with Crippen LogP contribution in [-0.4, -0.2) is 23.8 Å². The van der Waals surface area contributed by atoms with E-state index in [1.54, 1.807) is 0 Å². The van der Waals surface area contributed by atoms with Crippen LogP contribution in [0, 0.1) is 17.0 Å². The molecule has 1 aromatic rings. The van der Waals surface area contributed by atoms with Crippen LogP contribution in [0.15, 0.2) is 12.3 Å². The Morgan fingerprint density at radius 3 is 2.39 bits per heavy atom. The van der Waals surface area contributed by atoms with Gasteiger partial charge in [0.05, 0.1) is 4.92 Å². The molecule has 0 N–H and O–H groups in total. The number of aromatic nitrogens is 1. The van der Waals surface area contributed by atoms with Crippen LogP contribution in [0.3, 0.4) is 0 Å². The predicted molar refractivity (Wildman–Crippen MR) is 51.2 cm³/mol. The highest BCUT2D eigenvalue weighted by molar-refractivity contribution is 7.87. The molecule has 1 rings (SSSR count). The summed E-state index contributed by atoms with van der Waals surface area (Å²) >= 11 is 0. The third-order valence-electron chi connectivity index (χ3n) is 1.73. The van der Waals surface area contributed by atoms with Gasteiger partial charge in [-0.1, -0.05) is 0 Å². The van der Waals surface area contributed by atoms with Crippen molar-refractivity contribution < 1.29 is 30.7 Å². The SMILES string of the molecule is Cc1cc(OS(=O)(=O)C(F)(F)F)ncc1[N+](=O)[O-]. The summed E-state index contributed by atoms with van der Waals surface area (Å²) < 4.78 is 60.9. The van der Waals surface area contributed by atoms with Gasteiger partial charge in [0.25, 0.3) is 5.69 Å². The molecule has 1 heterocycles. The molecule has 0 bridgehead atoms. The molecular formula is C7H5F3N2O5S. The third kappa shape index (κ3) is 2.85. The Kier molecular flexibility index (Phi) is 3.46. The molecule has 0 atom stereocenters. The molecule has 18 heavy (non-hydrogen) atoms. The Morgan fingerprint density at radius 1 is 1.44 bits per heavy atom. The molecule has 0 fully saturated rings. The van der Waals surface area contributed by atoms with E-state index < -0.39 is 32.1 Å². The largest absolute Gasteiger partial charge is 0.534 e. The van der Waals surface area contributed by atoms with E-state index in [1.165, 1.54) is 6.92 Å². The van der Waals surface area contributed by atoms with Crippen molar-refractivity contribution in [1.82, 2.24) is 4.98 Å². The molecule has 0 aliphatic rings. The summed E-state index contributed by atoms with van der Waals surface area (Å²) in [5.74, 6) is -0.893. The topological polar surface area (TPSA) is 99.4 Å². The lowest BCUT2D eigenvalue weighted by atomic mass is 10.2. The number of pyridine rings is 1. The molecule has 0 aliphatic carbocycles. The van der Waals surface area contributed by atoms with Gasteiger partial charge in [0.1, 0.15) is 6.20 Å². The maximum Gasteiger partial charge on any atom is 0.534 e. The fraction of sp³-hybridized carbons (Fsp3) is 0.286. The molecule has 0 amide bonds. The van der Waals surface area contributed by atoms with Gasteiger partial charge in [-0.15, -0.1) is 0 Å². The van der Waals surface area contributed by atoms with Gasteiger partial charge in [0.15, 0.2) is 0 Å². The van der Waals surface area contributed by atoms with Crippen LogP contribution in [0.25, 0.3) is 0 Å². The van der Waals surface area contributed by atoms with Gasteiger partial charge in [-0.2, -0.15) is 21.6 Å². The van der Waals surface area contributed by atoms with E-state index in [2.05, 4.69) is 9.17 Å². The quantitative estimate of drug-likeness (QED) is 0.361. The van der Waals surface area contributed by atoms with E-state index in [-0.39, 0.29) is 5.56 Å². The average Bonchev–Trinajstić information content (AvgIpc) is 2.14. The van der Waals surface area contributed by atoms with E-state index in [0.717, 1.165) is 6.07 Å². The van der Waals surface area contributed by atoms with Crippen molar-refractivity contribution in [2.75, 3.05) is 0 Å². The number of nitrogens with zero attached hydrogens (tertiary/aromatic N) is 2. The minimum atomic E-state index is -5.83. The maximum absolute atomic E-state index is 12.0. The lowest BCUT2D eigenvalue weighted by Gasteiger charge is -2.08. The Balaban J connectivity index is 3.09. The van der Waals surface area contributed by atoms with Crippen LogP contribution in [-0.2, 0) is 10.1 Å². The fourth-order valence-electron chi connectivity index (χ4n) is 0.919. The van der Waals surface area contributed by atoms with Crippen LogP contribution in [0.4, 0.5) is 18.9 Å². The lowest BCUT2D eigenvalue weighted by molar-refractivity contribution is -0.385. The lowest BCUT2D eigenvalue weighted by Crippen LogP contribution is -2.28. The Morgan fingerprint density at radius 2 is 2.00 bits per heavy atom. The molecular weight excluding hydrogens is 281 g/mol. The molecule has 11 heteroatoms. The first kappa shape index (κ1) is 14.2. The number of aryl methyl sites for hydroxylation is 1.